The number of aryl methyl sites for hydroxylation is 1. The summed E-state index contributed by atoms with van der Waals surface area (Å²) >= 11 is 3.21. The van der Waals surface area contributed by atoms with Crippen molar-refractivity contribution in [3.05, 3.63) is 46.3 Å². The van der Waals surface area contributed by atoms with Crippen LogP contribution in [0.4, 0.5) is 0 Å². The molecule has 5 nitrogen and oxygen atoms in total. The monoisotopic (exact) mass is 295 g/mol. The first-order valence-electron chi connectivity index (χ1n) is 4.96. The van der Waals surface area contributed by atoms with E-state index in [1.807, 2.05) is 0 Å². The van der Waals surface area contributed by atoms with Crippen LogP contribution in [-0.2, 0) is 6.54 Å². The van der Waals surface area contributed by atoms with E-state index in [1.165, 1.54) is 0 Å². The molecule has 1 amide bonds. The molecule has 0 atom stereocenters. The Morgan fingerprint density at radius 2 is 2.35 bits per heavy atom. The van der Waals surface area contributed by atoms with E-state index in [0.29, 0.717) is 16.1 Å². The van der Waals surface area contributed by atoms with Crippen LogP contribution < -0.4 is 5.32 Å². The number of oxazole rings is 1. The molecule has 2 heterocycles. The molecule has 0 radical (unpaired) electrons. The Balaban J connectivity index is 1.98. The molecule has 2 aromatic rings. The molecule has 0 aliphatic rings. The Bertz CT molecular complexity index is 539. The zero-order valence-electron chi connectivity index (χ0n) is 9.11. The van der Waals surface area contributed by atoms with Crippen LogP contribution in [0, 0.1) is 6.92 Å². The summed E-state index contributed by atoms with van der Waals surface area (Å²) in [5, 5.41) is 2.71. The van der Waals surface area contributed by atoms with Crippen LogP contribution in [-0.4, -0.2) is 15.9 Å². The van der Waals surface area contributed by atoms with Gasteiger partial charge in [0.15, 0.2) is 0 Å². The smallest absolute Gasteiger partial charge is 0.251 e. The molecule has 0 fully saturated rings. The van der Waals surface area contributed by atoms with Gasteiger partial charge in [-0.15, -0.1) is 0 Å². The van der Waals surface area contributed by atoms with Gasteiger partial charge in [-0.2, -0.15) is 0 Å². The van der Waals surface area contributed by atoms with E-state index in [9.17, 15) is 4.79 Å². The topological polar surface area (TPSA) is 68.0 Å². The number of carbonyl (C=O) groups excluding carboxylic acids is 1. The zero-order valence-corrected chi connectivity index (χ0v) is 10.7. The average Bonchev–Trinajstić information content (AvgIpc) is 2.72. The lowest BCUT2D eigenvalue weighted by Crippen LogP contribution is -2.22. The van der Waals surface area contributed by atoms with Crippen molar-refractivity contribution in [3.8, 4) is 0 Å². The van der Waals surface area contributed by atoms with Crippen molar-refractivity contribution >= 4 is 21.8 Å². The van der Waals surface area contributed by atoms with E-state index in [2.05, 4.69) is 31.2 Å². The fourth-order valence-corrected chi connectivity index (χ4v) is 1.65. The highest BCUT2D eigenvalue weighted by Crippen LogP contribution is 2.08. The van der Waals surface area contributed by atoms with E-state index >= 15 is 0 Å². The molecule has 2 rings (SSSR count). The van der Waals surface area contributed by atoms with E-state index in [4.69, 9.17) is 4.42 Å². The van der Waals surface area contributed by atoms with Gasteiger partial charge in [0.1, 0.15) is 10.4 Å². The van der Waals surface area contributed by atoms with Crippen molar-refractivity contribution in [2.75, 3.05) is 0 Å². The summed E-state index contributed by atoms with van der Waals surface area (Å²) in [5.41, 5.74) is 0.537. The number of hydrogen-bond donors (Lipinski definition) is 1. The van der Waals surface area contributed by atoms with Crippen LogP contribution in [0.3, 0.4) is 0 Å². The van der Waals surface area contributed by atoms with Crippen LogP contribution in [0.15, 0.2) is 33.5 Å². The minimum atomic E-state index is -0.191. The van der Waals surface area contributed by atoms with Gasteiger partial charge in [0, 0.05) is 11.8 Å². The lowest BCUT2D eigenvalue weighted by atomic mass is 10.2. The summed E-state index contributed by atoms with van der Waals surface area (Å²) in [7, 11) is 0. The Kier molecular flexibility index (Phi) is 3.53. The van der Waals surface area contributed by atoms with Crippen LogP contribution >= 0.6 is 15.9 Å². The highest BCUT2D eigenvalue weighted by molar-refractivity contribution is 9.10. The summed E-state index contributed by atoms with van der Waals surface area (Å²) in [6.45, 7) is 2.07. The third-order valence-corrected chi connectivity index (χ3v) is 2.49. The quantitative estimate of drug-likeness (QED) is 0.880. The lowest BCUT2D eigenvalue weighted by molar-refractivity contribution is 0.0947. The first-order chi connectivity index (χ1) is 8.15. The third kappa shape index (κ3) is 3.13. The average molecular weight is 296 g/mol. The van der Waals surface area contributed by atoms with Crippen LogP contribution in [0.5, 0.6) is 0 Å². The molecule has 1 N–H and O–H groups in total. The number of halogens is 1. The summed E-state index contributed by atoms with van der Waals surface area (Å²) in [4.78, 5) is 19.7. The first-order valence-corrected chi connectivity index (χ1v) is 5.75. The predicted octanol–water partition coefficient (Wildman–Crippen LogP) is 2.07. The maximum absolute atomic E-state index is 11.7. The van der Waals surface area contributed by atoms with Gasteiger partial charge in [0.2, 0.25) is 5.89 Å². The number of nitrogens with zero attached hydrogens (tertiary/aromatic N) is 2. The molecule has 17 heavy (non-hydrogen) atoms. The van der Waals surface area contributed by atoms with Crippen molar-refractivity contribution < 1.29 is 9.21 Å². The summed E-state index contributed by atoms with van der Waals surface area (Å²) in [5.74, 6) is 1.02. The zero-order chi connectivity index (χ0) is 12.3. The molecular formula is C11H10BrN3O2. The third-order valence-electron chi connectivity index (χ3n) is 2.06. The molecule has 0 aliphatic carbocycles. The van der Waals surface area contributed by atoms with Gasteiger partial charge in [-0.25, -0.2) is 9.97 Å². The Morgan fingerprint density at radius 1 is 1.53 bits per heavy atom. The fourth-order valence-electron chi connectivity index (χ4n) is 1.28. The number of amides is 1. The molecule has 2 aromatic heterocycles. The fraction of sp³-hybridized carbons (Fsp3) is 0.182. The number of aromatic nitrogens is 2. The van der Waals surface area contributed by atoms with Gasteiger partial charge in [0.05, 0.1) is 12.7 Å². The van der Waals surface area contributed by atoms with Gasteiger partial charge in [-0.3, -0.25) is 4.79 Å². The second-order valence-electron chi connectivity index (χ2n) is 3.41. The van der Waals surface area contributed by atoms with Crippen LogP contribution in [0.1, 0.15) is 22.0 Å². The SMILES string of the molecule is Cc1cnc(CNC(=O)c2ccnc(Br)c2)o1. The Morgan fingerprint density at radius 3 is 3.00 bits per heavy atom. The standard InChI is InChI=1S/C11H10BrN3O2/c1-7-5-14-10(17-7)6-15-11(16)8-2-3-13-9(12)4-8/h2-5H,6H2,1H3,(H,15,16). The lowest BCUT2D eigenvalue weighted by Gasteiger charge is -2.02. The molecule has 88 valence electrons. The molecule has 0 aromatic carbocycles. The molecule has 0 saturated carbocycles. The maximum Gasteiger partial charge on any atom is 0.251 e. The molecule has 0 saturated heterocycles. The summed E-state index contributed by atoms with van der Waals surface area (Å²) < 4.78 is 5.87. The number of nitrogens with one attached hydrogen (secondary N) is 1. The van der Waals surface area contributed by atoms with Crippen molar-refractivity contribution in [2.24, 2.45) is 0 Å². The molecule has 6 heteroatoms. The summed E-state index contributed by atoms with van der Waals surface area (Å²) in [6.07, 6.45) is 3.18. The number of hydrogen-bond acceptors (Lipinski definition) is 4. The second kappa shape index (κ2) is 5.09. The van der Waals surface area contributed by atoms with E-state index < -0.39 is 0 Å². The highest BCUT2D eigenvalue weighted by Gasteiger charge is 2.07. The molecule has 0 spiro atoms. The van der Waals surface area contributed by atoms with Crippen molar-refractivity contribution in [2.45, 2.75) is 13.5 Å². The van der Waals surface area contributed by atoms with Gasteiger partial charge in [-0.05, 0) is 35.0 Å². The molecule has 0 bridgehead atoms. The molecular weight excluding hydrogens is 286 g/mol. The van der Waals surface area contributed by atoms with Gasteiger partial charge in [0.25, 0.3) is 5.91 Å². The van der Waals surface area contributed by atoms with Gasteiger partial charge < -0.3 is 9.73 Å². The van der Waals surface area contributed by atoms with E-state index in [1.54, 1.807) is 31.5 Å². The molecule has 0 unspecified atom stereocenters. The van der Waals surface area contributed by atoms with Gasteiger partial charge in [-0.1, -0.05) is 0 Å². The van der Waals surface area contributed by atoms with Crippen molar-refractivity contribution in [1.82, 2.24) is 15.3 Å². The maximum atomic E-state index is 11.7. The van der Waals surface area contributed by atoms with Crippen molar-refractivity contribution in [3.63, 3.8) is 0 Å². The van der Waals surface area contributed by atoms with E-state index in [-0.39, 0.29) is 12.5 Å². The van der Waals surface area contributed by atoms with Crippen molar-refractivity contribution in [1.29, 1.82) is 0 Å². The van der Waals surface area contributed by atoms with Gasteiger partial charge >= 0.3 is 0 Å². The highest BCUT2D eigenvalue weighted by atomic mass is 79.9. The minimum absolute atomic E-state index is 0.191. The summed E-state index contributed by atoms with van der Waals surface area (Å²) in [6, 6.07) is 3.29. The molecule has 0 aliphatic heterocycles. The second-order valence-corrected chi connectivity index (χ2v) is 4.23. The number of carbonyl (C=O) groups is 1. The van der Waals surface area contributed by atoms with E-state index in [0.717, 1.165) is 5.76 Å². The van der Waals surface area contributed by atoms with Crippen LogP contribution in [0.2, 0.25) is 0 Å². The number of rotatable bonds is 3. The normalized spacial score (nSPS) is 10.2. The Labute approximate surface area is 106 Å². The van der Waals surface area contributed by atoms with Crippen LogP contribution in [0.25, 0.3) is 0 Å². The Hall–Kier alpha value is -1.69. The minimum Gasteiger partial charge on any atom is -0.444 e. The first kappa shape index (κ1) is 11.8. The largest absolute Gasteiger partial charge is 0.444 e. The predicted molar refractivity (Wildman–Crippen MR) is 64.3 cm³/mol. The number of pyridine rings is 1.